The normalized spacial score (nSPS) is 22.6. The van der Waals surface area contributed by atoms with Gasteiger partial charge in [-0.15, -0.1) is 0 Å². The van der Waals surface area contributed by atoms with Gasteiger partial charge in [0.25, 0.3) is 0 Å². The number of rotatable bonds is 4. The fourth-order valence-corrected chi connectivity index (χ4v) is 5.75. The van der Waals surface area contributed by atoms with Crippen molar-refractivity contribution in [1.29, 1.82) is 0 Å². The Labute approximate surface area is 187 Å². The van der Waals surface area contributed by atoms with Gasteiger partial charge in [0.05, 0.1) is 15.5 Å². The van der Waals surface area contributed by atoms with Gasteiger partial charge < -0.3 is 9.64 Å². The van der Waals surface area contributed by atoms with E-state index >= 15 is 0 Å². The lowest BCUT2D eigenvalue weighted by Crippen LogP contribution is -2.51. The van der Waals surface area contributed by atoms with Crippen molar-refractivity contribution in [3.8, 4) is 5.75 Å². The number of Topliss-reactive ketones (excluding diaryl/α,β-unsaturated/α-hetero) is 1. The monoisotopic (exact) mass is 525 g/mol. The summed E-state index contributed by atoms with van der Waals surface area (Å²) >= 11 is 13.1. The molecule has 2 aliphatic rings. The number of nitrogens with zero attached hydrogens (tertiary/aromatic N) is 1. The summed E-state index contributed by atoms with van der Waals surface area (Å²) in [6, 6.07) is 11.6. The Balaban J connectivity index is 1.71. The number of piperidine rings is 1. The van der Waals surface area contributed by atoms with Crippen LogP contribution in [0.4, 0.5) is 0 Å². The van der Waals surface area contributed by atoms with Crippen LogP contribution in [0.15, 0.2) is 45.3 Å². The Kier molecular flexibility index (Phi) is 6.17. The molecule has 0 bridgehead atoms. The second-order valence-corrected chi connectivity index (χ2v) is 10.0. The van der Waals surface area contributed by atoms with E-state index in [1.54, 1.807) is 0 Å². The molecular weight excluding hydrogens is 506 g/mol. The Bertz CT molecular complexity index is 881. The lowest BCUT2D eigenvalue weighted by Gasteiger charge is -2.41. The van der Waals surface area contributed by atoms with Gasteiger partial charge >= 0.3 is 0 Å². The summed E-state index contributed by atoms with van der Waals surface area (Å²) in [5, 5.41) is 0.707. The minimum atomic E-state index is -0.599. The zero-order valence-electron chi connectivity index (χ0n) is 15.5. The Morgan fingerprint density at radius 2 is 1.79 bits per heavy atom. The van der Waals surface area contributed by atoms with Gasteiger partial charge in [-0.1, -0.05) is 46.1 Å². The molecule has 0 radical (unpaired) electrons. The Morgan fingerprint density at radius 1 is 1.07 bits per heavy atom. The van der Waals surface area contributed by atoms with E-state index in [0.29, 0.717) is 29.4 Å². The van der Waals surface area contributed by atoms with Crippen molar-refractivity contribution in [2.75, 3.05) is 26.2 Å². The summed E-state index contributed by atoms with van der Waals surface area (Å²) in [5.74, 6) is 0.815. The highest BCUT2D eigenvalue weighted by molar-refractivity contribution is 9.11. The molecule has 1 saturated heterocycles. The molecule has 0 unspecified atom stereocenters. The Hall–Kier alpha value is -0.880. The molecule has 1 atom stereocenters. The van der Waals surface area contributed by atoms with E-state index in [1.165, 1.54) is 19.3 Å². The number of ether oxygens (including phenoxy) is 1. The smallest absolute Gasteiger partial charge is 0.177 e. The predicted molar refractivity (Wildman–Crippen MR) is 120 cm³/mol. The van der Waals surface area contributed by atoms with Crippen molar-refractivity contribution in [2.45, 2.75) is 25.7 Å². The number of carbonyl (C=O) groups excluding carboxylic acids is 1. The molecule has 0 spiro atoms. The summed E-state index contributed by atoms with van der Waals surface area (Å²) in [6.45, 7) is 3.20. The molecule has 0 amide bonds. The first-order valence-electron chi connectivity index (χ1n) is 9.60. The van der Waals surface area contributed by atoms with E-state index in [9.17, 15) is 4.79 Å². The average molecular weight is 528 g/mol. The summed E-state index contributed by atoms with van der Waals surface area (Å²) < 4.78 is 7.87. The maximum absolute atomic E-state index is 13.8. The molecule has 1 fully saturated rings. The van der Waals surface area contributed by atoms with Gasteiger partial charge in [-0.25, -0.2) is 0 Å². The van der Waals surface area contributed by atoms with E-state index in [4.69, 9.17) is 16.3 Å². The summed E-state index contributed by atoms with van der Waals surface area (Å²) in [7, 11) is 0. The molecule has 0 aromatic heterocycles. The van der Waals surface area contributed by atoms with Crippen LogP contribution >= 0.6 is 43.5 Å². The first kappa shape index (κ1) is 20.4. The zero-order chi connectivity index (χ0) is 19.7. The van der Waals surface area contributed by atoms with Crippen LogP contribution in [0.25, 0.3) is 0 Å². The number of hydrogen-bond acceptors (Lipinski definition) is 3. The second kappa shape index (κ2) is 8.47. The van der Waals surface area contributed by atoms with E-state index in [2.05, 4.69) is 36.8 Å². The van der Waals surface area contributed by atoms with Crippen molar-refractivity contribution >= 4 is 49.2 Å². The van der Waals surface area contributed by atoms with E-state index < -0.39 is 5.41 Å². The topological polar surface area (TPSA) is 29.5 Å². The molecule has 6 heteroatoms. The standard InChI is InChI=1S/C22H22Br2ClNO2/c23-16-10-18-20(19(24)11-16)28-14-22(21(18)27,13-26-8-2-1-3-9-26)12-15-4-6-17(25)7-5-15/h4-7,10-11H,1-3,8-9,12-14H2/t22-/m0/s1. The molecule has 4 rings (SSSR count). The van der Waals surface area contributed by atoms with Crippen molar-refractivity contribution in [3.63, 3.8) is 0 Å². The average Bonchev–Trinajstić information content (AvgIpc) is 2.68. The van der Waals surface area contributed by atoms with Crippen LogP contribution in [0.3, 0.4) is 0 Å². The van der Waals surface area contributed by atoms with Gasteiger partial charge in [0.1, 0.15) is 12.4 Å². The summed E-state index contributed by atoms with van der Waals surface area (Å²) in [4.78, 5) is 16.2. The fourth-order valence-electron chi connectivity index (χ4n) is 4.28. The van der Waals surface area contributed by atoms with Crippen LogP contribution < -0.4 is 4.74 Å². The van der Waals surface area contributed by atoms with Crippen molar-refractivity contribution in [1.82, 2.24) is 4.90 Å². The molecule has 2 aromatic carbocycles. The van der Waals surface area contributed by atoms with Crippen LogP contribution in [-0.4, -0.2) is 36.9 Å². The first-order chi connectivity index (χ1) is 13.5. The molecular formula is C22H22Br2ClNO2. The quantitative estimate of drug-likeness (QED) is 0.477. The largest absolute Gasteiger partial charge is 0.491 e. The van der Waals surface area contributed by atoms with Crippen LogP contribution in [0.5, 0.6) is 5.75 Å². The molecule has 3 nitrogen and oxygen atoms in total. The number of carbonyl (C=O) groups is 1. The third-order valence-electron chi connectivity index (χ3n) is 5.66. The lowest BCUT2D eigenvalue weighted by atomic mass is 9.73. The van der Waals surface area contributed by atoms with Gasteiger partial charge in [-0.3, -0.25) is 4.79 Å². The number of halogens is 3. The minimum absolute atomic E-state index is 0.163. The van der Waals surface area contributed by atoms with Gasteiger partial charge in [-0.2, -0.15) is 0 Å². The number of ketones is 1. The minimum Gasteiger partial charge on any atom is -0.491 e. The van der Waals surface area contributed by atoms with E-state index in [0.717, 1.165) is 34.1 Å². The highest BCUT2D eigenvalue weighted by Gasteiger charge is 2.46. The van der Waals surface area contributed by atoms with Gasteiger partial charge in [0.2, 0.25) is 0 Å². The third kappa shape index (κ3) is 4.18. The second-order valence-electron chi connectivity index (χ2n) is 7.80. The molecule has 0 aliphatic carbocycles. The lowest BCUT2D eigenvalue weighted by molar-refractivity contribution is 0.0428. The van der Waals surface area contributed by atoms with E-state index in [-0.39, 0.29) is 5.78 Å². The predicted octanol–water partition coefficient (Wildman–Crippen LogP) is 6.16. The molecule has 2 aliphatic heterocycles. The maximum Gasteiger partial charge on any atom is 0.177 e. The number of fused-ring (bicyclic) bond motifs is 1. The SMILES string of the molecule is O=C1c2cc(Br)cc(Br)c2OC[C@]1(Cc1ccc(Cl)cc1)CN1CCCCC1. The molecule has 148 valence electrons. The summed E-state index contributed by atoms with van der Waals surface area (Å²) in [5.41, 5.74) is 1.16. The third-order valence-corrected chi connectivity index (χ3v) is 6.96. The van der Waals surface area contributed by atoms with Gasteiger partial charge in [0.15, 0.2) is 5.78 Å². The van der Waals surface area contributed by atoms with Crippen LogP contribution in [0.2, 0.25) is 5.02 Å². The van der Waals surface area contributed by atoms with E-state index in [1.807, 2.05) is 36.4 Å². The summed E-state index contributed by atoms with van der Waals surface area (Å²) in [6.07, 6.45) is 4.30. The number of likely N-dealkylation sites (tertiary alicyclic amines) is 1. The molecule has 28 heavy (non-hydrogen) atoms. The fraction of sp³-hybridized carbons (Fsp3) is 0.409. The number of hydrogen-bond donors (Lipinski definition) is 0. The molecule has 0 saturated carbocycles. The maximum atomic E-state index is 13.8. The molecule has 2 heterocycles. The number of benzene rings is 2. The van der Waals surface area contributed by atoms with Crippen molar-refractivity contribution in [2.24, 2.45) is 5.41 Å². The first-order valence-corrected chi connectivity index (χ1v) is 11.6. The van der Waals surface area contributed by atoms with Crippen LogP contribution in [-0.2, 0) is 6.42 Å². The van der Waals surface area contributed by atoms with Crippen LogP contribution in [0, 0.1) is 5.41 Å². The van der Waals surface area contributed by atoms with Gasteiger partial charge in [0, 0.05) is 16.0 Å². The molecule has 0 N–H and O–H groups in total. The molecule has 2 aromatic rings. The highest BCUT2D eigenvalue weighted by Crippen LogP contribution is 2.43. The van der Waals surface area contributed by atoms with Crippen LogP contribution in [0.1, 0.15) is 35.2 Å². The van der Waals surface area contributed by atoms with Crippen molar-refractivity contribution in [3.05, 3.63) is 61.5 Å². The Morgan fingerprint density at radius 3 is 2.50 bits per heavy atom. The zero-order valence-corrected chi connectivity index (χ0v) is 19.4. The van der Waals surface area contributed by atoms with Gasteiger partial charge in [-0.05, 0) is 78.1 Å². The van der Waals surface area contributed by atoms with Crippen molar-refractivity contribution < 1.29 is 9.53 Å². The highest BCUT2D eigenvalue weighted by atomic mass is 79.9.